The lowest BCUT2D eigenvalue weighted by molar-refractivity contribution is -0.152. The first-order valence-electron chi connectivity index (χ1n) is 12.3. The van der Waals surface area contributed by atoms with E-state index in [9.17, 15) is 9.59 Å². The van der Waals surface area contributed by atoms with Gasteiger partial charge in [0.2, 0.25) is 0 Å². The Morgan fingerprint density at radius 2 is 1.65 bits per heavy atom. The number of ether oxygens (including phenoxy) is 1. The molecule has 3 nitrogen and oxygen atoms in total. The molecule has 0 spiro atoms. The minimum absolute atomic E-state index is 0.0585. The Labute approximate surface area is 186 Å². The third kappa shape index (κ3) is 3.31. The number of carbonyl (C=O) groups is 2. The van der Waals surface area contributed by atoms with E-state index in [0.29, 0.717) is 23.3 Å². The number of hydrogen-bond donors (Lipinski definition) is 0. The molecule has 0 amide bonds. The molecule has 3 heteroatoms. The molecular formula is C28H36O3. The molecule has 2 bridgehead atoms. The van der Waals surface area contributed by atoms with Gasteiger partial charge in [0.25, 0.3) is 0 Å². The zero-order chi connectivity index (χ0) is 21.9. The van der Waals surface area contributed by atoms with E-state index in [0.717, 1.165) is 37.7 Å². The van der Waals surface area contributed by atoms with Gasteiger partial charge in [0.05, 0.1) is 0 Å². The van der Waals surface area contributed by atoms with Crippen LogP contribution in [0.15, 0.2) is 41.5 Å². The van der Waals surface area contributed by atoms with Gasteiger partial charge in [-0.15, -0.1) is 0 Å². The number of fused-ring (bicyclic) bond motifs is 5. The molecular weight excluding hydrogens is 384 g/mol. The first-order valence-corrected chi connectivity index (χ1v) is 12.3. The largest absolute Gasteiger partial charge is 0.459 e. The number of carbonyl (C=O) groups excluding carboxylic acids is 2. The number of rotatable bonds is 4. The number of hydrogen-bond acceptors (Lipinski definition) is 3. The van der Waals surface area contributed by atoms with Crippen molar-refractivity contribution in [3.63, 3.8) is 0 Å². The van der Waals surface area contributed by atoms with Crippen LogP contribution in [0.2, 0.25) is 0 Å². The smallest absolute Gasteiger partial charge is 0.335 e. The molecule has 0 heterocycles. The quantitative estimate of drug-likeness (QED) is 0.572. The molecule has 4 aliphatic rings. The Bertz CT molecular complexity index is 911. The maximum absolute atomic E-state index is 13.6. The van der Waals surface area contributed by atoms with Crippen LogP contribution >= 0.6 is 0 Å². The summed E-state index contributed by atoms with van der Waals surface area (Å²) < 4.78 is 6.35. The molecule has 166 valence electrons. The lowest BCUT2D eigenvalue weighted by Gasteiger charge is -2.44. The van der Waals surface area contributed by atoms with Crippen LogP contribution in [0.1, 0.15) is 71.8 Å². The molecule has 0 radical (unpaired) electrons. The van der Waals surface area contributed by atoms with Crippen LogP contribution in [0.25, 0.3) is 0 Å². The normalized spacial score (nSPS) is 37.3. The molecule has 1 aromatic rings. The lowest BCUT2D eigenvalue weighted by atomic mass is 9.64. The molecule has 0 unspecified atom stereocenters. The first-order chi connectivity index (χ1) is 14.8. The van der Waals surface area contributed by atoms with Crippen molar-refractivity contribution in [3.05, 3.63) is 47.0 Å². The molecule has 7 atom stereocenters. The molecule has 0 aliphatic heterocycles. The summed E-state index contributed by atoms with van der Waals surface area (Å²) in [6, 6.07) is 10.6. The van der Waals surface area contributed by atoms with Gasteiger partial charge in [-0.05, 0) is 67.8 Å². The third-order valence-electron chi connectivity index (χ3n) is 9.30. The topological polar surface area (TPSA) is 43.4 Å². The number of Topliss-reactive ketones (excluding diaryl/α,β-unsaturated/α-hetero) is 1. The van der Waals surface area contributed by atoms with Gasteiger partial charge < -0.3 is 4.74 Å². The Balaban J connectivity index is 1.41. The molecule has 0 N–H and O–H groups in total. The van der Waals surface area contributed by atoms with Crippen molar-refractivity contribution < 1.29 is 14.3 Å². The second-order valence-electron chi connectivity index (χ2n) is 11.3. The van der Waals surface area contributed by atoms with E-state index in [1.807, 2.05) is 6.92 Å². The van der Waals surface area contributed by atoms with E-state index < -0.39 is 0 Å². The van der Waals surface area contributed by atoms with E-state index in [1.165, 1.54) is 12.0 Å². The summed E-state index contributed by atoms with van der Waals surface area (Å²) in [5.74, 6) is 2.03. The van der Waals surface area contributed by atoms with Gasteiger partial charge in [0.15, 0.2) is 5.78 Å². The highest BCUT2D eigenvalue weighted by molar-refractivity contribution is 6.09. The fourth-order valence-electron chi connectivity index (χ4n) is 7.57. The molecule has 1 aromatic carbocycles. The van der Waals surface area contributed by atoms with Crippen LogP contribution in [0.3, 0.4) is 0 Å². The van der Waals surface area contributed by atoms with Crippen molar-refractivity contribution in [1.82, 2.24) is 0 Å². The van der Waals surface area contributed by atoms with Crippen LogP contribution in [-0.2, 0) is 19.7 Å². The molecule has 0 aromatic heterocycles. The van der Waals surface area contributed by atoms with Crippen molar-refractivity contribution >= 4 is 11.8 Å². The molecule has 3 saturated carbocycles. The average Bonchev–Trinajstić information content (AvgIpc) is 3.42. The number of benzene rings is 1. The van der Waals surface area contributed by atoms with Gasteiger partial charge >= 0.3 is 5.97 Å². The Morgan fingerprint density at radius 3 is 2.35 bits per heavy atom. The minimum Gasteiger partial charge on any atom is -0.459 e. The molecule has 4 aliphatic carbocycles. The van der Waals surface area contributed by atoms with Crippen LogP contribution in [0.5, 0.6) is 0 Å². The molecule has 31 heavy (non-hydrogen) atoms. The summed E-state index contributed by atoms with van der Waals surface area (Å²) in [5, 5.41) is 0. The van der Waals surface area contributed by atoms with Gasteiger partial charge in [0, 0.05) is 28.9 Å². The van der Waals surface area contributed by atoms with E-state index in [-0.39, 0.29) is 41.0 Å². The predicted octanol–water partition coefficient (Wildman–Crippen LogP) is 5.87. The van der Waals surface area contributed by atoms with Crippen LogP contribution in [0.4, 0.5) is 0 Å². The molecule has 5 rings (SSSR count). The van der Waals surface area contributed by atoms with Crippen molar-refractivity contribution in [2.75, 3.05) is 0 Å². The maximum Gasteiger partial charge on any atom is 0.335 e. The van der Waals surface area contributed by atoms with Gasteiger partial charge in [-0.2, -0.15) is 0 Å². The fourth-order valence-corrected chi connectivity index (χ4v) is 7.57. The summed E-state index contributed by atoms with van der Waals surface area (Å²) in [6.07, 6.45) is 6.48. The summed E-state index contributed by atoms with van der Waals surface area (Å²) in [4.78, 5) is 26.6. The first kappa shape index (κ1) is 21.0. The van der Waals surface area contributed by atoms with Gasteiger partial charge in [0.1, 0.15) is 6.10 Å². The average molecular weight is 421 g/mol. The third-order valence-corrected chi connectivity index (χ3v) is 9.30. The van der Waals surface area contributed by atoms with E-state index in [2.05, 4.69) is 51.1 Å². The predicted molar refractivity (Wildman–Crippen MR) is 121 cm³/mol. The highest BCUT2D eigenvalue weighted by atomic mass is 16.5. The standard InChI is InChI=1S/C28H36O3/c1-16-10-13-21(28(3,4)20-8-6-5-7-9-20)22(14-16)31-27(30)23-17(2)26(29)25-19-12-11-18(15-19)24(23)25/h5-9,16,18-19,21-22,24-25H,10-15H2,1-4H3/t16-,18-,19+,21-,22-,24-,25-/m1/s1. The minimum atomic E-state index is -0.195. The van der Waals surface area contributed by atoms with Crippen molar-refractivity contribution in [2.45, 2.75) is 77.7 Å². The summed E-state index contributed by atoms with van der Waals surface area (Å²) in [6.45, 7) is 8.71. The van der Waals surface area contributed by atoms with Gasteiger partial charge in [-0.1, -0.05) is 57.5 Å². The zero-order valence-electron chi connectivity index (χ0n) is 19.4. The second-order valence-corrected chi connectivity index (χ2v) is 11.3. The van der Waals surface area contributed by atoms with Gasteiger partial charge in [-0.3, -0.25) is 4.79 Å². The van der Waals surface area contributed by atoms with Crippen molar-refractivity contribution in [3.8, 4) is 0 Å². The molecule has 0 saturated heterocycles. The van der Waals surface area contributed by atoms with E-state index >= 15 is 0 Å². The molecule has 3 fully saturated rings. The highest BCUT2D eigenvalue weighted by Gasteiger charge is 2.58. The summed E-state index contributed by atoms with van der Waals surface area (Å²) >= 11 is 0. The van der Waals surface area contributed by atoms with Crippen LogP contribution < -0.4 is 0 Å². The maximum atomic E-state index is 13.6. The van der Waals surface area contributed by atoms with Crippen molar-refractivity contribution in [2.24, 2.45) is 35.5 Å². The second kappa shape index (κ2) is 7.60. The summed E-state index contributed by atoms with van der Waals surface area (Å²) in [5.41, 5.74) is 2.65. The van der Waals surface area contributed by atoms with E-state index in [4.69, 9.17) is 4.74 Å². The Kier molecular flexibility index (Phi) is 5.14. The number of esters is 1. The van der Waals surface area contributed by atoms with Crippen molar-refractivity contribution in [1.29, 1.82) is 0 Å². The lowest BCUT2D eigenvalue weighted by Crippen LogP contribution is -2.44. The van der Waals surface area contributed by atoms with Crippen LogP contribution in [-0.4, -0.2) is 17.9 Å². The Morgan fingerprint density at radius 1 is 0.968 bits per heavy atom. The summed E-state index contributed by atoms with van der Waals surface area (Å²) in [7, 11) is 0. The van der Waals surface area contributed by atoms with Gasteiger partial charge in [-0.25, -0.2) is 4.79 Å². The number of ketones is 1. The highest BCUT2D eigenvalue weighted by Crippen LogP contribution is 2.59. The SMILES string of the molecule is CC1=C(C(=O)O[C@@H]2C[C@H](C)CC[C@H]2C(C)(C)c2ccccc2)[C@H]2[C@@H]3CC[C@@H](C3)[C@H]2C1=O. The number of allylic oxidation sites excluding steroid dienone is 1. The monoisotopic (exact) mass is 420 g/mol. The zero-order valence-corrected chi connectivity index (χ0v) is 19.4. The van der Waals surface area contributed by atoms with Crippen LogP contribution in [0, 0.1) is 35.5 Å². The fraction of sp³-hybridized carbons (Fsp3) is 0.643. The van der Waals surface area contributed by atoms with E-state index in [1.54, 1.807) is 0 Å². The Hall–Kier alpha value is -1.90.